The van der Waals surface area contributed by atoms with E-state index in [9.17, 15) is 9.59 Å². The number of nitrogens with zero attached hydrogens (tertiary/aromatic N) is 2. The molecule has 0 aromatic heterocycles. The van der Waals surface area contributed by atoms with Gasteiger partial charge in [-0.15, -0.1) is 0 Å². The minimum Gasteiger partial charge on any atom is -0.371 e. The second-order valence-corrected chi connectivity index (χ2v) is 7.90. The fourth-order valence-corrected chi connectivity index (χ4v) is 4.58. The van der Waals surface area contributed by atoms with Crippen molar-refractivity contribution < 1.29 is 14.3 Å². The molecule has 5 heteroatoms. The number of amides is 2. The monoisotopic (exact) mass is 320 g/mol. The number of carbonyl (C=O) groups is 2. The van der Waals surface area contributed by atoms with Crippen LogP contribution < -0.4 is 0 Å². The predicted octanol–water partition coefficient (Wildman–Crippen LogP) is 1.81. The number of hydrogen-bond acceptors (Lipinski definition) is 3. The molecule has 2 amide bonds. The number of morpholine rings is 1. The highest BCUT2D eigenvalue weighted by Crippen LogP contribution is 2.37. The van der Waals surface area contributed by atoms with E-state index in [1.54, 1.807) is 0 Å². The van der Waals surface area contributed by atoms with Crippen LogP contribution in [0.2, 0.25) is 0 Å². The highest BCUT2D eigenvalue weighted by Gasteiger charge is 2.43. The SMILES string of the molecule is O=C(C1CC1)N1CCCC(C(=O)N2CCOC3(CCCC3)C2)C1. The quantitative estimate of drug-likeness (QED) is 0.780. The van der Waals surface area contributed by atoms with Gasteiger partial charge in [0, 0.05) is 32.1 Å². The molecule has 5 nitrogen and oxygen atoms in total. The van der Waals surface area contributed by atoms with Gasteiger partial charge in [0.25, 0.3) is 0 Å². The Morgan fingerprint density at radius 1 is 0.870 bits per heavy atom. The molecule has 128 valence electrons. The Hall–Kier alpha value is -1.10. The first-order valence-electron chi connectivity index (χ1n) is 9.38. The third-order valence-electron chi connectivity index (χ3n) is 6.08. The number of rotatable bonds is 2. The van der Waals surface area contributed by atoms with Crippen molar-refractivity contribution in [3.8, 4) is 0 Å². The zero-order valence-electron chi connectivity index (χ0n) is 14.0. The molecule has 0 radical (unpaired) electrons. The molecule has 2 heterocycles. The van der Waals surface area contributed by atoms with Crippen molar-refractivity contribution in [1.29, 1.82) is 0 Å². The van der Waals surface area contributed by atoms with Crippen molar-refractivity contribution in [2.75, 3.05) is 32.8 Å². The van der Waals surface area contributed by atoms with Crippen LogP contribution in [0.3, 0.4) is 0 Å². The van der Waals surface area contributed by atoms with E-state index in [4.69, 9.17) is 4.74 Å². The molecule has 1 atom stereocenters. The number of piperidine rings is 1. The topological polar surface area (TPSA) is 49.9 Å². The number of carbonyl (C=O) groups excluding carboxylic acids is 2. The first-order chi connectivity index (χ1) is 11.2. The van der Waals surface area contributed by atoms with Crippen LogP contribution >= 0.6 is 0 Å². The molecule has 1 unspecified atom stereocenters. The van der Waals surface area contributed by atoms with Gasteiger partial charge in [0.15, 0.2) is 0 Å². The molecule has 0 aromatic carbocycles. The summed E-state index contributed by atoms with van der Waals surface area (Å²) < 4.78 is 6.03. The molecule has 0 N–H and O–H groups in total. The molecule has 23 heavy (non-hydrogen) atoms. The predicted molar refractivity (Wildman–Crippen MR) is 85.8 cm³/mol. The Morgan fingerprint density at radius 2 is 1.61 bits per heavy atom. The summed E-state index contributed by atoms with van der Waals surface area (Å²) in [6, 6.07) is 0. The summed E-state index contributed by atoms with van der Waals surface area (Å²) in [5, 5.41) is 0. The molecule has 0 aromatic rings. The van der Waals surface area contributed by atoms with Gasteiger partial charge < -0.3 is 14.5 Å². The highest BCUT2D eigenvalue weighted by molar-refractivity contribution is 5.83. The van der Waals surface area contributed by atoms with E-state index in [0.29, 0.717) is 19.7 Å². The summed E-state index contributed by atoms with van der Waals surface area (Å²) in [4.78, 5) is 29.3. The molecular formula is C18H28N2O3. The molecule has 2 saturated heterocycles. The summed E-state index contributed by atoms with van der Waals surface area (Å²) in [6.45, 7) is 3.63. The minimum atomic E-state index is -0.0634. The van der Waals surface area contributed by atoms with Crippen LogP contribution in [0.15, 0.2) is 0 Å². The van der Waals surface area contributed by atoms with Crippen molar-refractivity contribution in [2.45, 2.75) is 57.0 Å². The maximum Gasteiger partial charge on any atom is 0.227 e. The summed E-state index contributed by atoms with van der Waals surface area (Å²) in [6.07, 6.45) is 8.59. The molecule has 4 rings (SSSR count). The molecule has 0 bridgehead atoms. The largest absolute Gasteiger partial charge is 0.371 e. The van der Waals surface area contributed by atoms with E-state index < -0.39 is 0 Å². The standard InChI is InChI=1S/C18H28N2O3/c21-16(14-5-6-14)19-9-3-4-15(12-19)17(22)20-10-11-23-18(13-20)7-1-2-8-18/h14-15H,1-13H2. The minimum absolute atomic E-state index is 0.00278. The number of hydrogen-bond donors (Lipinski definition) is 0. The van der Waals surface area contributed by atoms with Gasteiger partial charge in [-0.3, -0.25) is 9.59 Å². The second-order valence-electron chi connectivity index (χ2n) is 7.90. The van der Waals surface area contributed by atoms with E-state index in [0.717, 1.165) is 51.6 Å². The molecule has 2 saturated carbocycles. The van der Waals surface area contributed by atoms with Gasteiger partial charge in [0.05, 0.1) is 18.1 Å². The van der Waals surface area contributed by atoms with Gasteiger partial charge >= 0.3 is 0 Å². The highest BCUT2D eigenvalue weighted by atomic mass is 16.5. The fourth-order valence-electron chi connectivity index (χ4n) is 4.58. The van der Waals surface area contributed by atoms with Crippen molar-refractivity contribution in [2.24, 2.45) is 11.8 Å². The van der Waals surface area contributed by atoms with Gasteiger partial charge in [0.1, 0.15) is 0 Å². The smallest absolute Gasteiger partial charge is 0.227 e. The summed E-state index contributed by atoms with van der Waals surface area (Å²) in [7, 11) is 0. The molecule has 1 spiro atoms. The van der Waals surface area contributed by atoms with Crippen molar-refractivity contribution in [3.05, 3.63) is 0 Å². The number of likely N-dealkylation sites (tertiary alicyclic amines) is 1. The Morgan fingerprint density at radius 3 is 2.35 bits per heavy atom. The molecule has 4 aliphatic rings. The van der Waals surface area contributed by atoms with Crippen LogP contribution in [0.5, 0.6) is 0 Å². The summed E-state index contributed by atoms with van der Waals surface area (Å²) >= 11 is 0. The van der Waals surface area contributed by atoms with Gasteiger partial charge in [-0.2, -0.15) is 0 Å². The lowest BCUT2D eigenvalue weighted by molar-refractivity contribution is -0.156. The van der Waals surface area contributed by atoms with Crippen molar-refractivity contribution >= 4 is 11.8 Å². The van der Waals surface area contributed by atoms with E-state index in [2.05, 4.69) is 0 Å². The summed E-state index contributed by atoms with van der Waals surface area (Å²) in [5.41, 5.74) is -0.0634. The van der Waals surface area contributed by atoms with E-state index in [-0.39, 0.29) is 29.3 Å². The van der Waals surface area contributed by atoms with Crippen LogP contribution in [-0.2, 0) is 14.3 Å². The normalized spacial score (nSPS) is 30.7. The van der Waals surface area contributed by atoms with E-state index in [1.807, 2.05) is 9.80 Å². The molecule has 2 aliphatic heterocycles. The molecular weight excluding hydrogens is 292 g/mol. The van der Waals surface area contributed by atoms with Crippen LogP contribution in [0.1, 0.15) is 51.4 Å². The number of ether oxygens (including phenoxy) is 1. The van der Waals surface area contributed by atoms with Crippen molar-refractivity contribution in [3.63, 3.8) is 0 Å². The lowest BCUT2D eigenvalue weighted by Gasteiger charge is -2.43. The Bertz CT molecular complexity index is 483. The average molecular weight is 320 g/mol. The van der Waals surface area contributed by atoms with Crippen molar-refractivity contribution in [1.82, 2.24) is 9.80 Å². The van der Waals surface area contributed by atoms with E-state index >= 15 is 0 Å². The zero-order valence-corrected chi connectivity index (χ0v) is 14.0. The van der Waals surface area contributed by atoms with Gasteiger partial charge in [-0.25, -0.2) is 0 Å². The average Bonchev–Trinajstić information content (AvgIpc) is 3.35. The maximum atomic E-state index is 13.0. The van der Waals surface area contributed by atoms with Gasteiger partial charge in [-0.1, -0.05) is 12.8 Å². The Balaban J connectivity index is 1.38. The third kappa shape index (κ3) is 3.12. The zero-order chi connectivity index (χ0) is 15.9. The lowest BCUT2D eigenvalue weighted by atomic mass is 9.94. The fraction of sp³-hybridized carbons (Fsp3) is 0.889. The van der Waals surface area contributed by atoms with Crippen LogP contribution in [0.25, 0.3) is 0 Å². The van der Waals surface area contributed by atoms with E-state index in [1.165, 1.54) is 12.8 Å². The van der Waals surface area contributed by atoms with Crippen LogP contribution in [0.4, 0.5) is 0 Å². The first-order valence-corrected chi connectivity index (χ1v) is 9.38. The lowest BCUT2D eigenvalue weighted by Crippen LogP contribution is -2.55. The van der Waals surface area contributed by atoms with Crippen LogP contribution in [0, 0.1) is 11.8 Å². The van der Waals surface area contributed by atoms with Gasteiger partial charge in [-0.05, 0) is 38.5 Å². The first kappa shape index (κ1) is 15.4. The Labute approximate surface area is 138 Å². The Kier molecular flexibility index (Phi) is 4.08. The van der Waals surface area contributed by atoms with Crippen LogP contribution in [-0.4, -0.2) is 60.0 Å². The van der Waals surface area contributed by atoms with Gasteiger partial charge in [0.2, 0.25) is 11.8 Å². The second kappa shape index (κ2) is 6.08. The molecule has 4 fully saturated rings. The maximum absolute atomic E-state index is 13.0. The summed E-state index contributed by atoms with van der Waals surface area (Å²) in [5.74, 6) is 0.807. The molecule has 2 aliphatic carbocycles. The third-order valence-corrected chi connectivity index (χ3v) is 6.08.